The Bertz CT molecular complexity index is 548. The summed E-state index contributed by atoms with van der Waals surface area (Å²) < 4.78 is 0. The number of nitrogens with zero attached hydrogens (tertiary/aromatic N) is 1. The second kappa shape index (κ2) is 5.80. The van der Waals surface area contributed by atoms with Gasteiger partial charge in [0.2, 0.25) is 0 Å². The van der Waals surface area contributed by atoms with E-state index in [9.17, 15) is 0 Å². The third kappa shape index (κ3) is 2.78. The Balaban J connectivity index is 1.78. The van der Waals surface area contributed by atoms with E-state index in [-0.39, 0.29) is 0 Å². The molecule has 3 heteroatoms. The fraction of sp³-hybridized carbons (Fsp3) is 0.471. The topological polar surface area (TPSA) is 40.7 Å². The molecule has 106 valence electrons. The second-order valence-electron chi connectivity index (χ2n) is 5.99. The molecule has 0 bridgehead atoms. The molecule has 1 aliphatic rings. The molecular formula is C17H23N3. The normalized spacial score (nSPS) is 16.8. The molecule has 3 rings (SSSR count). The number of imidazole rings is 1. The van der Waals surface area contributed by atoms with Crippen molar-refractivity contribution in [3.05, 3.63) is 41.7 Å². The minimum absolute atomic E-state index is 0.575. The molecule has 0 aliphatic carbocycles. The van der Waals surface area contributed by atoms with Gasteiger partial charge in [0.1, 0.15) is 5.82 Å². The van der Waals surface area contributed by atoms with Crippen LogP contribution in [-0.2, 0) is 0 Å². The number of H-pyrrole nitrogens is 1. The van der Waals surface area contributed by atoms with Crippen molar-refractivity contribution in [3.8, 4) is 11.4 Å². The highest BCUT2D eigenvalue weighted by Gasteiger charge is 2.17. The molecule has 0 spiro atoms. The smallest absolute Gasteiger partial charge is 0.137 e. The van der Waals surface area contributed by atoms with Crippen molar-refractivity contribution < 1.29 is 0 Å². The molecule has 0 unspecified atom stereocenters. The van der Waals surface area contributed by atoms with Gasteiger partial charge in [-0.05, 0) is 37.4 Å². The number of nitrogens with one attached hydrogen (secondary N) is 2. The zero-order chi connectivity index (χ0) is 13.9. The van der Waals surface area contributed by atoms with Gasteiger partial charge in [0.25, 0.3) is 0 Å². The lowest BCUT2D eigenvalue weighted by Gasteiger charge is -2.21. The van der Waals surface area contributed by atoms with Crippen LogP contribution in [0.1, 0.15) is 49.8 Å². The zero-order valence-electron chi connectivity index (χ0n) is 12.3. The van der Waals surface area contributed by atoms with E-state index in [2.05, 4.69) is 53.4 Å². The van der Waals surface area contributed by atoms with Gasteiger partial charge in [0.05, 0.1) is 0 Å². The maximum absolute atomic E-state index is 4.56. The van der Waals surface area contributed by atoms with Gasteiger partial charge in [-0.3, -0.25) is 0 Å². The summed E-state index contributed by atoms with van der Waals surface area (Å²) in [4.78, 5) is 8.07. The van der Waals surface area contributed by atoms with Crippen molar-refractivity contribution in [2.24, 2.45) is 0 Å². The Labute approximate surface area is 120 Å². The highest BCUT2D eigenvalue weighted by atomic mass is 14.9. The van der Waals surface area contributed by atoms with Crippen molar-refractivity contribution in [1.29, 1.82) is 0 Å². The molecule has 20 heavy (non-hydrogen) atoms. The Morgan fingerprint density at radius 3 is 2.45 bits per heavy atom. The van der Waals surface area contributed by atoms with Crippen molar-refractivity contribution in [2.45, 2.75) is 38.5 Å². The Morgan fingerprint density at radius 1 is 1.10 bits per heavy atom. The molecule has 0 amide bonds. The second-order valence-corrected chi connectivity index (χ2v) is 5.99. The first kappa shape index (κ1) is 13.4. The Morgan fingerprint density at radius 2 is 1.80 bits per heavy atom. The third-order valence-corrected chi connectivity index (χ3v) is 4.23. The van der Waals surface area contributed by atoms with Gasteiger partial charge in [-0.15, -0.1) is 0 Å². The monoisotopic (exact) mass is 269 g/mol. The number of hydrogen-bond donors (Lipinski definition) is 2. The molecule has 2 N–H and O–H groups in total. The zero-order valence-corrected chi connectivity index (χ0v) is 12.3. The molecule has 1 fully saturated rings. The molecule has 1 aromatic heterocycles. The number of aromatic amines is 1. The van der Waals surface area contributed by atoms with Crippen molar-refractivity contribution in [2.75, 3.05) is 13.1 Å². The van der Waals surface area contributed by atoms with E-state index in [4.69, 9.17) is 0 Å². The van der Waals surface area contributed by atoms with Crippen molar-refractivity contribution >= 4 is 0 Å². The van der Waals surface area contributed by atoms with Crippen LogP contribution in [0.2, 0.25) is 0 Å². The minimum Gasteiger partial charge on any atom is -0.342 e. The number of benzene rings is 1. The lowest BCUT2D eigenvalue weighted by atomic mass is 9.95. The number of aromatic nitrogens is 2. The van der Waals surface area contributed by atoms with E-state index in [0.717, 1.165) is 18.9 Å². The fourth-order valence-electron chi connectivity index (χ4n) is 2.85. The molecular weight excluding hydrogens is 246 g/mol. The van der Waals surface area contributed by atoms with E-state index in [1.165, 1.54) is 29.7 Å². The summed E-state index contributed by atoms with van der Waals surface area (Å²) in [6.07, 6.45) is 4.42. The van der Waals surface area contributed by atoms with Crippen LogP contribution in [-0.4, -0.2) is 23.1 Å². The Kier molecular flexibility index (Phi) is 3.88. The maximum Gasteiger partial charge on any atom is 0.137 e. The SMILES string of the molecule is CC(C)c1ccc(-c2ncc(C3CCNCC3)[nH]2)cc1. The molecule has 3 nitrogen and oxygen atoms in total. The van der Waals surface area contributed by atoms with E-state index >= 15 is 0 Å². The summed E-state index contributed by atoms with van der Waals surface area (Å²) in [6.45, 7) is 6.67. The van der Waals surface area contributed by atoms with Gasteiger partial charge in [-0.25, -0.2) is 4.98 Å². The van der Waals surface area contributed by atoms with E-state index < -0.39 is 0 Å². The van der Waals surface area contributed by atoms with Crippen molar-refractivity contribution in [1.82, 2.24) is 15.3 Å². The van der Waals surface area contributed by atoms with Crippen LogP contribution < -0.4 is 5.32 Å². The number of piperidine rings is 1. The van der Waals surface area contributed by atoms with Crippen LogP contribution in [0.15, 0.2) is 30.5 Å². The molecule has 1 saturated heterocycles. The first-order valence-electron chi connectivity index (χ1n) is 7.60. The quantitative estimate of drug-likeness (QED) is 0.892. The third-order valence-electron chi connectivity index (χ3n) is 4.23. The number of rotatable bonds is 3. The van der Waals surface area contributed by atoms with Crippen LogP contribution in [0.25, 0.3) is 11.4 Å². The minimum atomic E-state index is 0.575. The molecule has 1 aliphatic heterocycles. The Hall–Kier alpha value is -1.61. The molecule has 0 radical (unpaired) electrons. The number of hydrogen-bond acceptors (Lipinski definition) is 2. The van der Waals surface area contributed by atoms with E-state index in [1.807, 2.05) is 6.20 Å². The van der Waals surface area contributed by atoms with Gasteiger partial charge < -0.3 is 10.3 Å². The average Bonchev–Trinajstić information content (AvgIpc) is 2.98. The molecule has 1 aromatic carbocycles. The lowest BCUT2D eigenvalue weighted by molar-refractivity contribution is 0.454. The fourth-order valence-corrected chi connectivity index (χ4v) is 2.85. The summed E-state index contributed by atoms with van der Waals surface area (Å²) in [7, 11) is 0. The first-order valence-corrected chi connectivity index (χ1v) is 7.60. The summed E-state index contributed by atoms with van der Waals surface area (Å²) >= 11 is 0. The van der Waals surface area contributed by atoms with Crippen LogP contribution in [0.4, 0.5) is 0 Å². The highest BCUT2D eigenvalue weighted by molar-refractivity contribution is 5.56. The molecule has 0 saturated carbocycles. The predicted octanol–water partition coefficient (Wildman–Crippen LogP) is 3.67. The summed E-state index contributed by atoms with van der Waals surface area (Å²) in [6, 6.07) is 8.74. The van der Waals surface area contributed by atoms with Crippen LogP contribution in [0, 0.1) is 0 Å². The maximum atomic E-state index is 4.56. The summed E-state index contributed by atoms with van der Waals surface area (Å²) in [5.74, 6) is 2.20. The van der Waals surface area contributed by atoms with Crippen molar-refractivity contribution in [3.63, 3.8) is 0 Å². The summed E-state index contributed by atoms with van der Waals surface area (Å²) in [5, 5.41) is 3.41. The van der Waals surface area contributed by atoms with Crippen LogP contribution >= 0.6 is 0 Å². The largest absolute Gasteiger partial charge is 0.342 e. The standard InChI is InChI=1S/C17H23N3/c1-12(2)13-3-5-15(6-4-13)17-19-11-16(20-17)14-7-9-18-10-8-14/h3-6,11-12,14,18H,7-10H2,1-2H3,(H,19,20). The van der Waals surface area contributed by atoms with E-state index in [0.29, 0.717) is 11.8 Å². The predicted molar refractivity (Wildman–Crippen MR) is 83.0 cm³/mol. The first-order chi connectivity index (χ1) is 9.74. The van der Waals surface area contributed by atoms with E-state index in [1.54, 1.807) is 0 Å². The molecule has 2 heterocycles. The summed E-state index contributed by atoms with van der Waals surface area (Å²) in [5.41, 5.74) is 3.84. The molecule has 2 aromatic rings. The van der Waals surface area contributed by atoms with Crippen LogP contribution in [0.3, 0.4) is 0 Å². The van der Waals surface area contributed by atoms with Gasteiger partial charge >= 0.3 is 0 Å². The average molecular weight is 269 g/mol. The highest BCUT2D eigenvalue weighted by Crippen LogP contribution is 2.26. The molecule has 0 atom stereocenters. The van der Waals surface area contributed by atoms with Crippen LogP contribution in [0.5, 0.6) is 0 Å². The van der Waals surface area contributed by atoms with Gasteiger partial charge in [0.15, 0.2) is 0 Å². The van der Waals surface area contributed by atoms with Gasteiger partial charge in [0, 0.05) is 23.4 Å². The lowest BCUT2D eigenvalue weighted by Crippen LogP contribution is -2.26. The van der Waals surface area contributed by atoms with Gasteiger partial charge in [-0.1, -0.05) is 38.1 Å². The van der Waals surface area contributed by atoms with Gasteiger partial charge in [-0.2, -0.15) is 0 Å².